The molecule has 0 aliphatic carbocycles. The fourth-order valence-electron chi connectivity index (χ4n) is 3.27. The van der Waals surface area contributed by atoms with Crippen LogP contribution in [-0.4, -0.2) is 50.7 Å². The number of aromatic nitrogens is 2. The third-order valence-electron chi connectivity index (χ3n) is 4.61. The summed E-state index contributed by atoms with van der Waals surface area (Å²) in [5.41, 5.74) is 2.19. The van der Waals surface area contributed by atoms with Crippen molar-refractivity contribution in [2.75, 3.05) is 18.4 Å². The number of aliphatic carboxylic acids is 1. The third kappa shape index (κ3) is 3.62. The summed E-state index contributed by atoms with van der Waals surface area (Å²) in [6, 6.07) is 7.29. The number of ketones is 1. The number of hydrogen-bond acceptors (Lipinski definition) is 7. The highest BCUT2D eigenvalue weighted by Crippen LogP contribution is 2.29. The molecule has 0 atom stereocenters. The standard InChI is InChI=1S/C20H19N5O3/c26-16(13-3-2-8-21-12-13)11-17-24-19-15(20-22-9-10-25(17)20)7-6-14(23-19)4-1-5-18(27)28/h2-3,6-8,11-12H,1,4-5,9-10H2,(H,23,24)(H,27,28)/b17-11+. The number of amidine groups is 1. The van der Waals surface area contributed by atoms with Gasteiger partial charge < -0.3 is 15.3 Å². The van der Waals surface area contributed by atoms with E-state index in [-0.39, 0.29) is 12.2 Å². The number of carboxylic acid groups (broad SMARTS) is 1. The normalized spacial score (nSPS) is 16.2. The van der Waals surface area contributed by atoms with Gasteiger partial charge in [0.15, 0.2) is 5.78 Å². The summed E-state index contributed by atoms with van der Waals surface area (Å²) in [7, 11) is 0. The number of rotatable bonds is 6. The molecule has 2 aliphatic rings. The van der Waals surface area contributed by atoms with Crippen molar-refractivity contribution in [3.63, 3.8) is 0 Å². The van der Waals surface area contributed by atoms with Crippen molar-refractivity contribution in [2.45, 2.75) is 19.3 Å². The van der Waals surface area contributed by atoms with E-state index < -0.39 is 5.97 Å². The zero-order valence-electron chi connectivity index (χ0n) is 15.1. The van der Waals surface area contributed by atoms with Gasteiger partial charge in [0, 0.05) is 42.7 Å². The Morgan fingerprint density at radius 3 is 2.96 bits per heavy atom. The average molecular weight is 377 g/mol. The SMILES string of the molecule is O=C(O)CCCc1ccc2c(n1)N/C(=C\C(=O)c1cccnc1)N1CCN=C21. The van der Waals surface area contributed by atoms with Crippen molar-refractivity contribution < 1.29 is 14.7 Å². The quantitative estimate of drug-likeness (QED) is 0.586. The number of hydrogen-bond donors (Lipinski definition) is 2. The molecule has 0 saturated heterocycles. The summed E-state index contributed by atoms with van der Waals surface area (Å²) < 4.78 is 0. The highest BCUT2D eigenvalue weighted by Gasteiger charge is 2.30. The van der Waals surface area contributed by atoms with Crippen LogP contribution in [-0.2, 0) is 11.2 Å². The van der Waals surface area contributed by atoms with Crippen molar-refractivity contribution in [3.05, 3.63) is 65.4 Å². The molecule has 0 aromatic carbocycles. The Morgan fingerprint density at radius 1 is 1.29 bits per heavy atom. The van der Waals surface area contributed by atoms with E-state index in [2.05, 4.69) is 20.3 Å². The molecule has 4 heterocycles. The summed E-state index contributed by atoms with van der Waals surface area (Å²) in [5, 5.41) is 12.0. The smallest absolute Gasteiger partial charge is 0.303 e. The summed E-state index contributed by atoms with van der Waals surface area (Å²) in [4.78, 5) is 38.5. The molecule has 0 unspecified atom stereocenters. The second kappa shape index (κ2) is 7.59. The summed E-state index contributed by atoms with van der Waals surface area (Å²) in [5.74, 6) is 1.10. The van der Waals surface area contributed by atoms with Gasteiger partial charge in [-0.05, 0) is 37.1 Å². The van der Waals surface area contributed by atoms with Crippen LogP contribution in [0.2, 0.25) is 0 Å². The molecule has 28 heavy (non-hydrogen) atoms. The molecule has 0 bridgehead atoms. The number of anilines is 1. The largest absolute Gasteiger partial charge is 0.481 e. The number of pyridine rings is 2. The van der Waals surface area contributed by atoms with E-state index in [0.29, 0.717) is 43.1 Å². The molecule has 0 radical (unpaired) electrons. The predicted octanol–water partition coefficient (Wildman–Crippen LogP) is 2.10. The lowest BCUT2D eigenvalue weighted by Gasteiger charge is -2.30. The van der Waals surface area contributed by atoms with Gasteiger partial charge in [0.2, 0.25) is 0 Å². The first-order valence-corrected chi connectivity index (χ1v) is 9.09. The molecule has 2 aliphatic heterocycles. The van der Waals surface area contributed by atoms with Crippen LogP contribution in [0.25, 0.3) is 0 Å². The number of fused-ring (bicyclic) bond motifs is 3. The van der Waals surface area contributed by atoms with Gasteiger partial charge in [0.05, 0.1) is 12.1 Å². The van der Waals surface area contributed by atoms with Gasteiger partial charge in [-0.25, -0.2) is 4.98 Å². The van der Waals surface area contributed by atoms with Crippen LogP contribution in [0.1, 0.15) is 34.5 Å². The lowest BCUT2D eigenvalue weighted by Crippen LogP contribution is -2.37. The van der Waals surface area contributed by atoms with Crippen molar-refractivity contribution in [1.82, 2.24) is 14.9 Å². The van der Waals surface area contributed by atoms with Gasteiger partial charge in [-0.15, -0.1) is 0 Å². The Kier molecular flexibility index (Phi) is 4.84. The number of nitrogens with one attached hydrogen (secondary N) is 1. The Hall–Kier alpha value is -3.55. The third-order valence-corrected chi connectivity index (χ3v) is 4.61. The molecule has 142 valence electrons. The topological polar surface area (TPSA) is 108 Å². The van der Waals surface area contributed by atoms with Crippen molar-refractivity contribution in [3.8, 4) is 0 Å². The van der Waals surface area contributed by atoms with Gasteiger partial charge in [-0.2, -0.15) is 0 Å². The maximum absolute atomic E-state index is 12.6. The zero-order valence-corrected chi connectivity index (χ0v) is 15.1. The fourth-order valence-corrected chi connectivity index (χ4v) is 3.27. The monoisotopic (exact) mass is 377 g/mol. The van der Waals surface area contributed by atoms with Crippen LogP contribution in [0.15, 0.2) is 53.5 Å². The molecular formula is C20H19N5O3. The average Bonchev–Trinajstić information content (AvgIpc) is 3.18. The highest BCUT2D eigenvalue weighted by atomic mass is 16.4. The number of aryl methyl sites for hydroxylation is 1. The van der Waals surface area contributed by atoms with E-state index in [0.717, 1.165) is 17.1 Å². The van der Waals surface area contributed by atoms with Crippen molar-refractivity contribution in [2.24, 2.45) is 4.99 Å². The summed E-state index contributed by atoms with van der Waals surface area (Å²) in [6.07, 6.45) is 5.91. The van der Waals surface area contributed by atoms with Crippen LogP contribution < -0.4 is 5.32 Å². The lowest BCUT2D eigenvalue weighted by atomic mass is 10.1. The van der Waals surface area contributed by atoms with Crippen LogP contribution in [0, 0.1) is 0 Å². The molecular weight excluding hydrogens is 358 g/mol. The first-order chi connectivity index (χ1) is 13.6. The molecule has 0 amide bonds. The molecule has 2 aromatic rings. The first kappa shape index (κ1) is 17.8. The molecule has 0 saturated carbocycles. The van der Waals surface area contributed by atoms with Gasteiger partial charge in [0.25, 0.3) is 0 Å². The van der Waals surface area contributed by atoms with Crippen LogP contribution in [0.3, 0.4) is 0 Å². The second-order valence-electron chi connectivity index (χ2n) is 6.56. The Bertz CT molecular complexity index is 985. The second-order valence-corrected chi connectivity index (χ2v) is 6.56. The van der Waals surface area contributed by atoms with E-state index in [1.807, 2.05) is 17.0 Å². The predicted molar refractivity (Wildman–Crippen MR) is 103 cm³/mol. The van der Waals surface area contributed by atoms with E-state index in [1.165, 1.54) is 6.20 Å². The fraction of sp³-hybridized carbons (Fsp3) is 0.250. The highest BCUT2D eigenvalue weighted by molar-refractivity contribution is 6.09. The zero-order chi connectivity index (χ0) is 19.5. The number of carbonyl (C=O) groups is 2. The number of carbonyl (C=O) groups excluding carboxylic acids is 1. The van der Waals surface area contributed by atoms with Crippen LogP contribution in [0.4, 0.5) is 5.82 Å². The molecule has 8 heteroatoms. The van der Waals surface area contributed by atoms with E-state index in [1.54, 1.807) is 24.4 Å². The van der Waals surface area contributed by atoms with Crippen molar-refractivity contribution in [1.29, 1.82) is 0 Å². The number of allylic oxidation sites excluding steroid dienone is 1. The number of carboxylic acids is 1. The maximum Gasteiger partial charge on any atom is 0.303 e. The summed E-state index contributed by atoms with van der Waals surface area (Å²) in [6.45, 7) is 1.34. The minimum atomic E-state index is -0.814. The molecule has 0 spiro atoms. The van der Waals surface area contributed by atoms with Crippen molar-refractivity contribution >= 4 is 23.4 Å². The van der Waals surface area contributed by atoms with Gasteiger partial charge >= 0.3 is 5.97 Å². The Morgan fingerprint density at radius 2 is 2.18 bits per heavy atom. The minimum Gasteiger partial charge on any atom is -0.481 e. The van der Waals surface area contributed by atoms with Gasteiger partial charge in [0.1, 0.15) is 17.5 Å². The molecule has 2 aromatic heterocycles. The Labute approximate surface area is 161 Å². The first-order valence-electron chi connectivity index (χ1n) is 9.09. The maximum atomic E-state index is 12.6. The summed E-state index contributed by atoms with van der Waals surface area (Å²) >= 11 is 0. The molecule has 0 fully saturated rings. The van der Waals surface area contributed by atoms with E-state index >= 15 is 0 Å². The Balaban J connectivity index is 1.61. The van der Waals surface area contributed by atoms with E-state index in [4.69, 9.17) is 5.11 Å². The van der Waals surface area contributed by atoms with Crippen LogP contribution >= 0.6 is 0 Å². The molecule has 2 N–H and O–H groups in total. The van der Waals surface area contributed by atoms with E-state index in [9.17, 15) is 9.59 Å². The molecule has 8 nitrogen and oxygen atoms in total. The lowest BCUT2D eigenvalue weighted by molar-refractivity contribution is -0.137. The van der Waals surface area contributed by atoms with Gasteiger partial charge in [-0.3, -0.25) is 19.6 Å². The number of aliphatic imine (C=N–C) groups is 1. The minimum absolute atomic E-state index is 0.109. The van der Waals surface area contributed by atoms with Crippen LogP contribution in [0.5, 0.6) is 0 Å². The van der Waals surface area contributed by atoms with Gasteiger partial charge in [-0.1, -0.05) is 0 Å². The number of nitrogens with zero attached hydrogens (tertiary/aromatic N) is 4. The molecule has 4 rings (SSSR count).